The number of anilines is 4. The lowest BCUT2D eigenvalue weighted by molar-refractivity contribution is -0.119. The van der Waals surface area contributed by atoms with Crippen LogP contribution in [0.2, 0.25) is 0 Å². The highest BCUT2D eigenvalue weighted by molar-refractivity contribution is 6.05. The van der Waals surface area contributed by atoms with Gasteiger partial charge in [-0.05, 0) is 95.2 Å². The standard InChI is InChI=1S/C28H37N5O3/c1-19-28(35)32(3)25-9-8-23(18-26(25)33(19)24-12-16-36-17-13-24)29-21-6-4-20(5-7-21)27(34)30-22-10-14-31(2)15-11-22/h4-9,18-19,22,24,29H,10-17H2,1-3H3,(H,30,34)/t19-/m1/s1. The third-order valence-corrected chi connectivity index (χ3v) is 7.79. The second-order valence-corrected chi connectivity index (χ2v) is 10.3. The maximum absolute atomic E-state index is 12.9. The second kappa shape index (κ2) is 10.5. The quantitative estimate of drug-likeness (QED) is 0.666. The number of nitrogens with zero attached hydrogens (tertiary/aromatic N) is 3. The van der Waals surface area contributed by atoms with E-state index in [2.05, 4.69) is 33.5 Å². The van der Waals surface area contributed by atoms with Crippen molar-refractivity contribution in [2.45, 2.75) is 50.7 Å². The summed E-state index contributed by atoms with van der Waals surface area (Å²) in [6, 6.07) is 14.1. The van der Waals surface area contributed by atoms with Gasteiger partial charge in [0.25, 0.3) is 5.91 Å². The summed E-state index contributed by atoms with van der Waals surface area (Å²) in [5.74, 6) is 0.0995. The highest BCUT2D eigenvalue weighted by Gasteiger charge is 2.38. The predicted octanol–water partition coefficient (Wildman–Crippen LogP) is 3.60. The number of benzene rings is 2. The molecule has 36 heavy (non-hydrogen) atoms. The van der Waals surface area contributed by atoms with Crippen molar-refractivity contribution < 1.29 is 14.3 Å². The van der Waals surface area contributed by atoms with Gasteiger partial charge in [-0.1, -0.05) is 0 Å². The molecule has 192 valence electrons. The van der Waals surface area contributed by atoms with Gasteiger partial charge in [0.05, 0.1) is 11.4 Å². The molecule has 0 aliphatic carbocycles. The van der Waals surface area contributed by atoms with Gasteiger partial charge in [-0.2, -0.15) is 0 Å². The van der Waals surface area contributed by atoms with Gasteiger partial charge in [-0.25, -0.2) is 0 Å². The van der Waals surface area contributed by atoms with Crippen molar-refractivity contribution in [2.24, 2.45) is 0 Å². The zero-order chi connectivity index (χ0) is 25.2. The van der Waals surface area contributed by atoms with Crippen LogP contribution < -0.4 is 20.4 Å². The number of hydrogen-bond donors (Lipinski definition) is 2. The molecule has 2 N–H and O–H groups in total. The molecule has 2 aromatic rings. The summed E-state index contributed by atoms with van der Waals surface area (Å²) in [6.07, 6.45) is 3.81. The van der Waals surface area contributed by atoms with Crippen LogP contribution in [0.5, 0.6) is 0 Å². The first-order chi connectivity index (χ1) is 17.4. The molecule has 0 spiro atoms. The van der Waals surface area contributed by atoms with Crippen LogP contribution >= 0.6 is 0 Å². The number of likely N-dealkylation sites (tertiary alicyclic amines) is 1. The molecule has 3 aliphatic rings. The second-order valence-electron chi connectivity index (χ2n) is 10.3. The fraction of sp³-hybridized carbons (Fsp3) is 0.500. The van der Waals surface area contributed by atoms with Gasteiger partial charge in [0.15, 0.2) is 0 Å². The summed E-state index contributed by atoms with van der Waals surface area (Å²) in [5.41, 5.74) is 4.53. The molecule has 8 nitrogen and oxygen atoms in total. The average Bonchev–Trinajstić information content (AvgIpc) is 2.90. The lowest BCUT2D eigenvalue weighted by Gasteiger charge is -2.45. The van der Waals surface area contributed by atoms with E-state index in [-0.39, 0.29) is 29.9 Å². The lowest BCUT2D eigenvalue weighted by atomic mass is 9.99. The number of amides is 2. The van der Waals surface area contributed by atoms with E-state index in [0.717, 1.165) is 74.7 Å². The Morgan fingerprint density at radius 2 is 1.58 bits per heavy atom. The van der Waals surface area contributed by atoms with Crippen molar-refractivity contribution in [1.29, 1.82) is 0 Å². The highest BCUT2D eigenvalue weighted by atomic mass is 16.5. The van der Waals surface area contributed by atoms with E-state index in [1.165, 1.54) is 0 Å². The van der Waals surface area contributed by atoms with Crippen molar-refractivity contribution in [1.82, 2.24) is 10.2 Å². The highest BCUT2D eigenvalue weighted by Crippen LogP contribution is 2.40. The molecule has 2 aromatic carbocycles. The van der Waals surface area contributed by atoms with Crippen molar-refractivity contribution in [2.75, 3.05) is 55.5 Å². The molecule has 3 heterocycles. The largest absolute Gasteiger partial charge is 0.381 e. The van der Waals surface area contributed by atoms with Gasteiger partial charge >= 0.3 is 0 Å². The Balaban J connectivity index is 1.30. The topological polar surface area (TPSA) is 77.2 Å². The minimum Gasteiger partial charge on any atom is -0.381 e. The van der Waals surface area contributed by atoms with Crippen LogP contribution in [0.1, 0.15) is 43.0 Å². The number of rotatable bonds is 5. The molecule has 0 radical (unpaired) electrons. The zero-order valence-electron chi connectivity index (χ0n) is 21.5. The van der Waals surface area contributed by atoms with Crippen LogP contribution in [-0.4, -0.2) is 75.2 Å². The fourth-order valence-electron chi connectivity index (χ4n) is 5.59. The molecule has 2 fully saturated rings. The average molecular weight is 492 g/mol. The lowest BCUT2D eigenvalue weighted by Crippen LogP contribution is -2.55. The summed E-state index contributed by atoms with van der Waals surface area (Å²) in [6.45, 7) is 5.48. The molecule has 0 bridgehead atoms. The molecular weight excluding hydrogens is 454 g/mol. The van der Waals surface area contributed by atoms with E-state index in [1.807, 2.05) is 50.4 Å². The van der Waals surface area contributed by atoms with Gasteiger partial charge in [0.1, 0.15) is 6.04 Å². The number of ether oxygens (including phenoxy) is 1. The van der Waals surface area contributed by atoms with Gasteiger partial charge in [0.2, 0.25) is 5.91 Å². The Labute approximate surface area is 213 Å². The maximum atomic E-state index is 12.9. The van der Waals surface area contributed by atoms with Gasteiger partial charge in [0, 0.05) is 49.3 Å². The Hall–Kier alpha value is -3.10. The van der Waals surface area contributed by atoms with Crippen LogP contribution in [0, 0.1) is 0 Å². The van der Waals surface area contributed by atoms with Crippen LogP contribution in [0.15, 0.2) is 42.5 Å². The fourth-order valence-corrected chi connectivity index (χ4v) is 5.59. The first-order valence-electron chi connectivity index (χ1n) is 13.0. The smallest absolute Gasteiger partial charge is 0.251 e. The third kappa shape index (κ3) is 5.06. The van der Waals surface area contributed by atoms with Crippen LogP contribution in [0.3, 0.4) is 0 Å². The van der Waals surface area contributed by atoms with Crippen LogP contribution in [0.4, 0.5) is 22.7 Å². The van der Waals surface area contributed by atoms with E-state index in [9.17, 15) is 9.59 Å². The number of likely N-dealkylation sites (N-methyl/N-ethyl adjacent to an activating group) is 1. The third-order valence-electron chi connectivity index (χ3n) is 7.79. The number of fused-ring (bicyclic) bond motifs is 1. The number of piperidine rings is 1. The number of carbonyl (C=O) groups is 2. The van der Waals surface area contributed by atoms with E-state index in [1.54, 1.807) is 4.90 Å². The predicted molar refractivity (Wildman–Crippen MR) is 143 cm³/mol. The summed E-state index contributed by atoms with van der Waals surface area (Å²) < 4.78 is 5.57. The Bertz CT molecular complexity index is 1090. The van der Waals surface area contributed by atoms with E-state index < -0.39 is 0 Å². The molecule has 2 amide bonds. The van der Waals surface area contributed by atoms with Gasteiger partial charge in [-0.15, -0.1) is 0 Å². The number of carbonyl (C=O) groups excluding carboxylic acids is 2. The van der Waals surface area contributed by atoms with E-state index in [0.29, 0.717) is 5.56 Å². The van der Waals surface area contributed by atoms with E-state index in [4.69, 9.17) is 4.74 Å². The first kappa shape index (κ1) is 24.6. The zero-order valence-corrected chi connectivity index (χ0v) is 21.5. The summed E-state index contributed by atoms with van der Waals surface area (Å²) in [7, 11) is 3.97. The molecule has 2 saturated heterocycles. The molecule has 1 atom stereocenters. The number of nitrogens with one attached hydrogen (secondary N) is 2. The first-order valence-corrected chi connectivity index (χ1v) is 13.0. The molecule has 8 heteroatoms. The molecule has 5 rings (SSSR count). The molecule has 0 aromatic heterocycles. The van der Waals surface area contributed by atoms with Crippen molar-refractivity contribution in [3.63, 3.8) is 0 Å². The normalized spacial score (nSPS) is 21.9. The Morgan fingerprint density at radius 3 is 2.28 bits per heavy atom. The molecule has 3 aliphatic heterocycles. The minimum atomic E-state index is -0.219. The van der Waals surface area contributed by atoms with Crippen molar-refractivity contribution >= 4 is 34.6 Å². The summed E-state index contributed by atoms with van der Waals surface area (Å²) in [5, 5.41) is 6.65. The van der Waals surface area contributed by atoms with Gasteiger partial charge in [-0.3, -0.25) is 9.59 Å². The number of hydrogen-bond acceptors (Lipinski definition) is 6. The molecular formula is C28H37N5O3. The van der Waals surface area contributed by atoms with Crippen molar-refractivity contribution in [3.8, 4) is 0 Å². The Morgan fingerprint density at radius 1 is 0.917 bits per heavy atom. The van der Waals surface area contributed by atoms with Crippen molar-refractivity contribution in [3.05, 3.63) is 48.0 Å². The SMILES string of the molecule is C[C@@H]1C(=O)N(C)c2ccc(Nc3ccc(C(=O)NC4CCN(C)CC4)cc3)cc2N1C1CCOCC1. The molecule has 0 unspecified atom stereocenters. The van der Waals surface area contributed by atoms with Crippen LogP contribution in [-0.2, 0) is 9.53 Å². The summed E-state index contributed by atoms with van der Waals surface area (Å²) in [4.78, 5) is 32.0. The van der Waals surface area contributed by atoms with E-state index >= 15 is 0 Å². The monoisotopic (exact) mass is 491 g/mol. The van der Waals surface area contributed by atoms with Gasteiger partial charge < -0.3 is 30.1 Å². The van der Waals surface area contributed by atoms with Crippen LogP contribution in [0.25, 0.3) is 0 Å². The minimum absolute atomic E-state index is 0.0151. The molecule has 0 saturated carbocycles. The summed E-state index contributed by atoms with van der Waals surface area (Å²) >= 11 is 0. The maximum Gasteiger partial charge on any atom is 0.251 e. The Kier molecular flexibility index (Phi) is 7.16.